The van der Waals surface area contributed by atoms with Crippen molar-refractivity contribution in [3.8, 4) is 23.0 Å². The van der Waals surface area contributed by atoms with Gasteiger partial charge in [0, 0.05) is 12.1 Å². The van der Waals surface area contributed by atoms with Crippen LogP contribution >= 0.6 is 0 Å². The van der Waals surface area contributed by atoms with Crippen LogP contribution in [0.4, 0.5) is 5.69 Å². The minimum Gasteiger partial charge on any atom is -0.486 e. The number of rotatable bonds is 5. The SMILES string of the molecule is CCCC(=O)Nc1ccc(Oc2cccc3c2OCCO3)cc1. The summed E-state index contributed by atoms with van der Waals surface area (Å²) in [6.45, 7) is 3.03. The number of nitrogens with one attached hydrogen (secondary N) is 1. The van der Waals surface area contributed by atoms with Crippen LogP contribution in [-0.2, 0) is 4.79 Å². The number of carbonyl (C=O) groups excluding carboxylic acids is 1. The summed E-state index contributed by atoms with van der Waals surface area (Å²) in [5.41, 5.74) is 0.755. The molecule has 2 aromatic rings. The molecule has 0 saturated carbocycles. The molecule has 0 bridgehead atoms. The summed E-state index contributed by atoms with van der Waals surface area (Å²) < 4.78 is 17.0. The number of amides is 1. The Bertz CT molecular complexity index is 682. The van der Waals surface area contributed by atoms with Gasteiger partial charge in [-0.1, -0.05) is 13.0 Å². The molecule has 0 aromatic heterocycles. The van der Waals surface area contributed by atoms with Crippen LogP contribution in [0.15, 0.2) is 42.5 Å². The van der Waals surface area contributed by atoms with E-state index in [-0.39, 0.29) is 5.91 Å². The predicted molar refractivity (Wildman–Crippen MR) is 87.5 cm³/mol. The van der Waals surface area contributed by atoms with E-state index in [2.05, 4.69) is 5.32 Å². The lowest BCUT2D eigenvalue weighted by molar-refractivity contribution is -0.116. The molecule has 23 heavy (non-hydrogen) atoms. The molecule has 0 radical (unpaired) electrons. The number of anilines is 1. The molecule has 0 unspecified atom stereocenters. The highest BCUT2D eigenvalue weighted by Crippen LogP contribution is 2.41. The third kappa shape index (κ3) is 3.74. The van der Waals surface area contributed by atoms with Gasteiger partial charge in [0.1, 0.15) is 19.0 Å². The Balaban J connectivity index is 1.70. The number of fused-ring (bicyclic) bond motifs is 1. The Morgan fingerprint density at radius 2 is 1.91 bits per heavy atom. The van der Waals surface area contributed by atoms with E-state index in [9.17, 15) is 4.79 Å². The molecule has 2 aromatic carbocycles. The Morgan fingerprint density at radius 3 is 2.70 bits per heavy atom. The zero-order valence-electron chi connectivity index (χ0n) is 13.0. The van der Waals surface area contributed by atoms with Crippen LogP contribution in [0.3, 0.4) is 0 Å². The molecule has 0 atom stereocenters. The van der Waals surface area contributed by atoms with Crippen molar-refractivity contribution in [2.75, 3.05) is 18.5 Å². The van der Waals surface area contributed by atoms with E-state index in [4.69, 9.17) is 14.2 Å². The molecule has 1 N–H and O–H groups in total. The number of para-hydroxylation sites is 1. The van der Waals surface area contributed by atoms with Crippen LogP contribution < -0.4 is 19.5 Å². The van der Waals surface area contributed by atoms with E-state index in [1.165, 1.54) is 0 Å². The number of carbonyl (C=O) groups is 1. The van der Waals surface area contributed by atoms with Gasteiger partial charge in [-0.3, -0.25) is 4.79 Å². The Labute approximate surface area is 135 Å². The molecule has 0 fully saturated rings. The third-order valence-electron chi connectivity index (χ3n) is 3.37. The van der Waals surface area contributed by atoms with Gasteiger partial charge in [0.05, 0.1) is 0 Å². The second-order valence-electron chi connectivity index (χ2n) is 5.20. The molecule has 120 valence electrons. The lowest BCUT2D eigenvalue weighted by Gasteiger charge is -2.20. The summed E-state index contributed by atoms with van der Waals surface area (Å²) in [6, 6.07) is 12.8. The Hall–Kier alpha value is -2.69. The minimum atomic E-state index is 0.0175. The quantitative estimate of drug-likeness (QED) is 0.907. The van der Waals surface area contributed by atoms with Gasteiger partial charge < -0.3 is 19.5 Å². The van der Waals surface area contributed by atoms with Crippen LogP contribution in [0.5, 0.6) is 23.0 Å². The largest absolute Gasteiger partial charge is 0.486 e. The fraction of sp³-hybridized carbons (Fsp3) is 0.278. The van der Waals surface area contributed by atoms with Crippen LogP contribution in [0.25, 0.3) is 0 Å². The summed E-state index contributed by atoms with van der Waals surface area (Å²) in [7, 11) is 0. The molecule has 0 spiro atoms. The zero-order chi connectivity index (χ0) is 16.1. The van der Waals surface area contributed by atoms with Crippen LogP contribution in [0, 0.1) is 0 Å². The van der Waals surface area contributed by atoms with E-state index in [0.717, 1.165) is 12.1 Å². The summed E-state index contributed by atoms with van der Waals surface area (Å²) in [4.78, 5) is 11.6. The van der Waals surface area contributed by atoms with E-state index in [1.54, 1.807) is 0 Å². The van der Waals surface area contributed by atoms with Crippen molar-refractivity contribution in [2.24, 2.45) is 0 Å². The van der Waals surface area contributed by atoms with Crippen LogP contribution in [0.2, 0.25) is 0 Å². The number of hydrogen-bond acceptors (Lipinski definition) is 4. The maximum absolute atomic E-state index is 11.6. The highest BCUT2D eigenvalue weighted by molar-refractivity contribution is 5.90. The number of benzene rings is 2. The maximum atomic E-state index is 11.6. The molecule has 1 heterocycles. The fourth-order valence-corrected chi connectivity index (χ4v) is 2.31. The van der Waals surface area contributed by atoms with Crippen molar-refractivity contribution >= 4 is 11.6 Å². The monoisotopic (exact) mass is 313 g/mol. The smallest absolute Gasteiger partial charge is 0.224 e. The van der Waals surface area contributed by atoms with Gasteiger partial charge in [-0.25, -0.2) is 0 Å². The first-order chi connectivity index (χ1) is 11.3. The topological polar surface area (TPSA) is 56.8 Å². The summed E-state index contributed by atoms with van der Waals surface area (Å²) >= 11 is 0. The molecule has 5 nitrogen and oxygen atoms in total. The lowest BCUT2D eigenvalue weighted by Crippen LogP contribution is -2.15. The van der Waals surface area contributed by atoms with Crippen molar-refractivity contribution in [1.82, 2.24) is 0 Å². The first kappa shape index (κ1) is 15.2. The first-order valence-electron chi connectivity index (χ1n) is 7.72. The maximum Gasteiger partial charge on any atom is 0.224 e. The fourth-order valence-electron chi connectivity index (χ4n) is 2.31. The average Bonchev–Trinajstić information content (AvgIpc) is 2.57. The standard InChI is InChI=1S/C18H19NO4/c1-2-4-17(20)19-13-7-9-14(10-8-13)23-16-6-3-5-15-18(16)22-12-11-21-15/h3,5-10H,2,4,11-12H2,1H3,(H,19,20). The highest BCUT2D eigenvalue weighted by atomic mass is 16.6. The molecule has 0 saturated heterocycles. The van der Waals surface area contributed by atoms with Crippen molar-refractivity contribution in [2.45, 2.75) is 19.8 Å². The van der Waals surface area contributed by atoms with Gasteiger partial charge in [-0.2, -0.15) is 0 Å². The average molecular weight is 313 g/mol. The molecular formula is C18H19NO4. The van der Waals surface area contributed by atoms with Gasteiger partial charge in [0.2, 0.25) is 11.7 Å². The van der Waals surface area contributed by atoms with E-state index >= 15 is 0 Å². The van der Waals surface area contributed by atoms with Gasteiger partial charge in [-0.15, -0.1) is 0 Å². The van der Waals surface area contributed by atoms with Gasteiger partial charge >= 0.3 is 0 Å². The second-order valence-corrected chi connectivity index (χ2v) is 5.20. The normalized spacial score (nSPS) is 12.6. The summed E-state index contributed by atoms with van der Waals surface area (Å²) in [6.07, 6.45) is 1.35. The van der Waals surface area contributed by atoms with Crippen LogP contribution in [-0.4, -0.2) is 19.1 Å². The van der Waals surface area contributed by atoms with Crippen molar-refractivity contribution in [3.63, 3.8) is 0 Å². The molecule has 1 amide bonds. The summed E-state index contributed by atoms with van der Waals surface area (Å²) in [5.74, 6) is 2.62. The highest BCUT2D eigenvalue weighted by Gasteiger charge is 2.17. The van der Waals surface area contributed by atoms with E-state index < -0.39 is 0 Å². The van der Waals surface area contributed by atoms with Gasteiger partial charge in [0.25, 0.3) is 0 Å². The number of hydrogen-bond donors (Lipinski definition) is 1. The van der Waals surface area contributed by atoms with Gasteiger partial charge in [-0.05, 0) is 42.8 Å². The first-order valence-corrected chi connectivity index (χ1v) is 7.72. The zero-order valence-corrected chi connectivity index (χ0v) is 13.0. The van der Waals surface area contributed by atoms with Crippen molar-refractivity contribution in [3.05, 3.63) is 42.5 Å². The van der Waals surface area contributed by atoms with Crippen molar-refractivity contribution < 1.29 is 19.0 Å². The molecule has 1 aliphatic heterocycles. The van der Waals surface area contributed by atoms with E-state index in [0.29, 0.717) is 42.6 Å². The lowest BCUT2D eigenvalue weighted by atomic mass is 10.2. The Kier molecular flexibility index (Phi) is 4.66. The third-order valence-corrected chi connectivity index (χ3v) is 3.37. The predicted octanol–water partition coefficient (Wildman–Crippen LogP) is 3.99. The minimum absolute atomic E-state index is 0.0175. The molecule has 3 rings (SSSR count). The molecular weight excluding hydrogens is 294 g/mol. The molecule has 1 aliphatic rings. The van der Waals surface area contributed by atoms with Crippen LogP contribution in [0.1, 0.15) is 19.8 Å². The molecule has 0 aliphatic carbocycles. The number of ether oxygens (including phenoxy) is 3. The van der Waals surface area contributed by atoms with Crippen molar-refractivity contribution in [1.29, 1.82) is 0 Å². The summed E-state index contributed by atoms with van der Waals surface area (Å²) in [5, 5.41) is 2.84. The molecule has 5 heteroatoms. The van der Waals surface area contributed by atoms with Gasteiger partial charge in [0.15, 0.2) is 11.5 Å². The second kappa shape index (κ2) is 7.05. The van der Waals surface area contributed by atoms with E-state index in [1.807, 2.05) is 49.4 Å². The Morgan fingerprint density at radius 1 is 1.13 bits per heavy atom.